The molecule has 0 aliphatic carbocycles. The molecule has 16 heavy (non-hydrogen) atoms. The van der Waals surface area contributed by atoms with Crippen molar-refractivity contribution in [1.82, 2.24) is 0 Å². The van der Waals surface area contributed by atoms with Crippen LogP contribution in [-0.2, 0) is 0 Å². The summed E-state index contributed by atoms with van der Waals surface area (Å²) in [7, 11) is 0. The number of phenols is 1. The normalized spacial score (nSPS) is 11.3. The van der Waals surface area contributed by atoms with Gasteiger partial charge in [-0.1, -0.05) is 55.8 Å². The van der Waals surface area contributed by atoms with Gasteiger partial charge in [0.1, 0.15) is 5.75 Å². The van der Waals surface area contributed by atoms with E-state index in [1.807, 2.05) is 30.3 Å². The molecule has 0 amide bonds. The molecule has 0 fully saturated rings. The Hall–Kier alpha value is -1.76. The minimum atomic E-state index is 0.350. The molecule has 1 nitrogen and oxygen atoms in total. The van der Waals surface area contributed by atoms with Crippen LogP contribution in [0.1, 0.15) is 25.3 Å². The molecule has 0 spiro atoms. The van der Waals surface area contributed by atoms with Crippen LogP contribution >= 0.6 is 0 Å². The van der Waals surface area contributed by atoms with Gasteiger partial charge in [-0.2, -0.15) is 0 Å². The molecule has 0 aliphatic rings. The molecule has 0 unspecified atom stereocenters. The van der Waals surface area contributed by atoms with Gasteiger partial charge >= 0.3 is 0 Å². The molecule has 0 aromatic heterocycles. The van der Waals surface area contributed by atoms with Crippen LogP contribution in [0.5, 0.6) is 5.75 Å². The predicted molar refractivity (Wildman–Crippen MR) is 69.6 cm³/mol. The number of phenolic OH excluding ortho intramolecular Hbond substituents is 1. The Morgan fingerprint density at radius 1 is 1.06 bits per heavy atom. The van der Waals surface area contributed by atoms with Crippen molar-refractivity contribution in [3.05, 3.63) is 48.0 Å². The van der Waals surface area contributed by atoms with E-state index in [-0.39, 0.29) is 0 Å². The lowest BCUT2D eigenvalue weighted by molar-refractivity contribution is 0.481. The van der Waals surface area contributed by atoms with E-state index in [0.717, 1.165) is 23.6 Å². The number of hydrogen-bond donors (Lipinski definition) is 1. The van der Waals surface area contributed by atoms with Crippen molar-refractivity contribution in [2.45, 2.75) is 19.8 Å². The van der Waals surface area contributed by atoms with Crippen molar-refractivity contribution in [2.75, 3.05) is 0 Å². The van der Waals surface area contributed by atoms with Crippen LogP contribution < -0.4 is 0 Å². The molecule has 0 atom stereocenters. The Morgan fingerprint density at radius 2 is 1.81 bits per heavy atom. The second-order valence-electron chi connectivity index (χ2n) is 3.91. The van der Waals surface area contributed by atoms with E-state index in [2.05, 4.69) is 19.1 Å². The number of benzene rings is 2. The largest absolute Gasteiger partial charge is 0.507 e. The minimum Gasteiger partial charge on any atom is -0.507 e. The lowest BCUT2D eigenvalue weighted by Crippen LogP contribution is -1.79. The first-order chi connectivity index (χ1) is 7.83. The van der Waals surface area contributed by atoms with E-state index < -0.39 is 0 Å². The highest BCUT2D eigenvalue weighted by atomic mass is 16.3. The van der Waals surface area contributed by atoms with Gasteiger partial charge in [-0.15, -0.1) is 0 Å². The Morgan fingerprint density at radius 3 is 2.56 bits per heavy atom. The molecule has 1 N–H and O–H groups in total. The molecule has 2 aromatic carbocycles. The summed E-state index contributed by atoms with van der Waals surface area (Å²) in [5.74, 6) is 0.350. The lowest BCUT2D eigenvalue weighted by atomic mass is 10.0. The average molecular weight is 212 g/mol. The van der Waals surface area contributed by atoms with Gasteiger partial charge in [0.15, 0.2) is 0 Å². The van der Waals surface area contributed by atoms with Gasteiger partial charge in [-0.3, -0.25) is 0 Å². The lowest BCUT2D eigenvalue weighted by Gasteiger charge is -2.04. The van der Waals surface area contributed by atoms with Crippen LogP contribution in [-0.4, -0.2) is 5.11 Å². The first kappa shape index (κ1) is 10.7. The molecule has 2 aromatic rings. The van der Waals surface area contributed by atoms with Crippen molar-refractivity contribution in [3.63, 3.8) is 0 Å². The van der Waals surface area contributed by atoms with Gasteiger partial charge in [0.25, 0.3) is 0 Å². The van der Waals surface area contributed by atoms with E-state index in [1.165, 1.54) is 5.56 Å². The summed E-state index contributed by atoms with van der Waals surface area (Å²) in [6, 6.07) is 11.7. The standard InChI is InChI=1S/C15H16O/c1-2-3-4-7-12-10-11-15(16)14-9-6-5-8-13(12)14/h4-11,16H,2-3H2,1H3. The first-order valence-corrected chi connectivity index (χ1v) is 5.70. The number of aromatic hydroxyl groups is 1. The smallest absolute Gasteiger partial charge is 0.123 e. The van der Waals surface area contributed by atoms with E-state index >= 15 is 0 Å². The Kier molecular flexibility index (Phi) is 3.25. The summed E-state index contributed by atoms with van der Waals surface area (Å²) in [5, 5.41) is 11.8. The monoisotopic (exact) mass is 212 g/mol. The molecular weight excluding hydrogens is 196 g/mol. The van der Waals surface area contributed by atoms with Crippen molar-refractivity contribution in [3.8, 4) is 5.75 Å². The summed E-state index contributed by atoms with van der Waals surface area (Å²) in [5.41, 5.74) is 1.17. The Balaban J connectivity index is 2.50. The van der Waals surface area contributed by atoms with Crippen LogP contribution in [0.15, 0.2) is 42.5 Å². The Bertz CT molecular complexity index is 512. The third-order valence-electron chi connectivity index (χ3n) is 2.69. The maximum atomic E-state index is 9.74. The summed E-state index contributed by atoms with van der Waals surface area (Å²) < 4.78 is 0. The van der Waals surface area contributed by atoms with Gasteiger partial charge in [-0.25, -0.2) is 0 Å². The first-order valence-electron chi connectivity index (χ1n) is 5.70. The number of allylic oxidation sites excluding steroid dienone is 1. The fraction of sp³-hybridized carbons (Fsp3) is 0.200. The molecule has 0 aliphatic heterocycles. The molecular formula is C15H16O. The van der Waals surface area contributed by atoms with Crippen LogP contribution in [0, 0.1) is 0 Å². The zero-order chi connectivity index (χ0) is 11.4. The van der Waals surface area contributed by atoms with Crippen LogP contribution in [0.4, 0.5) is 0 Å². The van der Waals surface area contributed by atoms with E-state index in [4.69, 9.17) is 0 Å². The van der Waals surface area contributed by atoms with Crippen LogP contribution in [0.2, 0.25) is 0 Å². The average Bonchev–Trinajstić information content (AvgIpc) is 2.33. The highest BCUT2D eigenvalue weighted by Crippen LogP contribution is 2.28. The third-order valence-corrected chi connectivity index (χ3v) is 2.69. The second kappa shape index (κ2) is 4.84. The topological polar surface area (TPSA) is 20.2 Å². The highest BCUT2D eigenvalue weighted by Gasteiger charge is 2.01. The molecule has 0 saturated carbocycles. The second-order valence-corrected chi connectivity index (χ2v) is 3.91. The molecule has 1 heteroatoms. The summed E-state index contributed by atoms with van der Waals surface area (Å²) in [4.78, 5) is 0. The van der Waals surface area contributed by atoms with Crippen molar-refractivity contribution >= 4 is 16.8 Å². The number of rotatable bonds is 3. The van der Waals surface area contributed by atoms with E-state index in [0.29, 0.717) is 5.75 Å². The maximum absolute atomic E-state index is 9.74. The number of hydrogen-bond acceptors (Lipinski definition) is 1. The Labute approximate surface area is 96.0 Å². The maximum Gasteiger partial charge on any atom is 0.123 e. The summed E-state index contributed by atoms with van der Waals surface area (Å²) in [6.07, 6.45) is 6.56. The minimum absolute atomic E-state index is 0.350. The molecule has 0 saturated heterocycles. The van der Waals surface area contributed by atoms with Crippen molar-refractivity contribution < 1.29 is 5.11 Å². The highest BCUT2D eigenvalue weighted by molar-refractivity contribution is 5.94. The third kappa shape index (κ3) is 2.08. The molecule has 0 heterocycles. The van der Waals surface area contributed by atoms with Crippen molar-refractivity contribution in [1.29, 1.82) is 0 Å². The quantitative estimate of drug-likeness (QED) is 0.801. The molecule has 2 rings (SSSR count). The SMILES string of the molecule is CCCC=Cc1ccc(O)c2ccccc12. The fourth-order valence-electron chi connectivity index (χ4n) is 1.83. The van der Waals surface area contributed by atoms with E-state index in [1.54, 1.807) is 6.07 Å². The van der Waals surface area contributed by atoms with Gasteiger partial charge in [-0.05, 0) is 23.4 Å². The van der Waals surface area contributed by atoms with Crippen LogP contribution in [0.25, 0.3) is 16.8 Å². The van der Waals surface area contributed by atoms with Crippen molar-refractivity contribution in [2.24, 2.45) is 0 Å². The molecule has 0 bridgehead atoms. The van der Waals surface area contributed by atoms with Gasteiger partial charge in [0.05, 0.1) is 0 Å². The predicted octanol–water partition coefficient (Wildman–Crippen LogP) is 4.36. The zero-order valence-electron chi connectivity index (χ0n) is 9.48. The summed E-state index contributed by atoms with van der Waals surface area (Å²) >= 11 is 0. The van der Waals surface area contributed by atoms with E-state index in [9.17, 15) is 5.11 Å². The van der Waals surface area contributed by atoms with Crippen LogP contribution in [0.3, 0.4) is 0 Å². The molecule has 82 valence electrons. The number of unbranched alkanes of at least 4 members (excludes halogenated alkanes) is 1. The van der Waals surface area contributed by atoms with Gasteiger partial charge in [0.2, 0.25) is 0 Å². The van der Waals surface area contributed by atoms with Gasteiger partial charge < -0.3 is 5.11 Å². The fourth-order valence-corrected chi connectivity index (χ4v) is 1.83. The van der Waals surface area contributed by atoms with Gasteiger partial charge in [0, 0.05) is 5.39 Å². The number of fused-ring (bicyclic) bond motifs is 1. The zero-order valence-corrected chi connectivity index (χ0v) is 9.48. The molecule has 0 radical (unpaired) electrons. The summed E-state index contributed by atoms with van der Waals surface area (Å²) in [6.45, 7) is 2.17.